The molecular formula is C20H25F2N3O6S. The summed E-state index contributed by atoms with van der Waals surface area (Å²) < 4.78 is 63.3. The van der Waals surface area contributed by atoms with E-state index >= 15 is 0 Å². The zero-order valence-corrected chi connectivity index (χ0v) is 18.4. The number of hydrogen-bond donors (Lipinski definition) is 1. The van der Waals surface area contributed by atoms with Gasteiger partial charge in [0.1, 0.15) is 21.6 Å². The van der Waals surface area contributed by atoms with E-state index in [1.165, 1.54) is 7.11 Å². The summed E-state index contributed by atoms with van der Waals surface area (Å²) in [5.74, 6) is -1.24. The smallest absolute Gasteiger partial charge is 0.414 e. The van der Waals surface area contributed by atoms with Crippen molar-refractivity contribution in [3.05, 3.63) is 23.8 Å². The van der Waals surface area contributed by atoms with E-state index in [0.717, 1.165) is 17.0 Å². The number of anilines is 2. The van der Waals surface area contributed by atoms with E-state index in [1.807, 2.05) is 0 Å². The van der Waals surface area contributed by atoms with Gasteiger partial charge in [0.25, 0.3) is 0 Å². The first-order valence-electron chi connectivity index (χ1n) is 10.4. The summed E-state index contributed by atoms with van der Waals surface area (Å²) in [5, 5.41) is 2.41. The van der Waals surface area contributed by atoms with Crippen LogP contribution < -0.4 is 15.1 Å². The Hall–Kier alpha value is -2.63. The lowest BCUT2D eigenvalue weighted by molar-refractivity contribution is 0.132. The fourth-order valence-corrected chi connectivity index (χ4v) is 6.19. The molecule has 32 heavy (non-hydrogen) atoms. The number of amides is 2. The lowest BCUT2D eigenvalue weighted by atomic mass is 9.92. The molecule has 1 aromatic rings. The number of nitrogens with zero attached hydrogens (tertiary/aromatic N) is 2. The van der Waals surface area contributed by atoms with Gasteiger partial charge < -0.3 is 19.7 Å². The molecule has 3 atom stereocenters. The van der Waals surface area contributed by atoms with Crippen molar-refractivity contribution >= 4 is 33.4 Å². The van der Waals surface area contributed by atoms with Gasteiger partial charge in [0.05, 0.1) is 37.4 Å². The van der Waals surface area contributed by atoms with Crippen LogP contribution in [0.2, 0.25) is 0 Å². The minimum absolute atomic E-state index is 0.00420. The summed E-state index contributed by atoms with van der Waals surface area (Å²) in [7, 11) is -1.84. The van der Waals surface area contributed by atoms with Crippen LogP contribution in [-0.2, 0) is 19.3 Å². The number of alkyl carbamates (subject to hydrolysis) is 1. The molecule has 2 unspecified atom stereocenters. The van der Waals surface area contributed by atoms with E-state index in [4.69, 9.17) is 4.74 Å². The lowest BCUT2D eigenvalue weighted by Gasteiger charge is -2.22. The van der Waals surface area contributed by atoms with Crippen LogP contribution in [0.5, 0.6) is 0 Å². The molecule has 1 aromatic carbocycles. The van der Waals surface area contributed by atoms with Gasteiger partial charge in [-0.3, -0.25) is 4.90 Å². The number of ether oxygens (including phenoxy) is 2. The molecule has 3 aliphatic rings. The van der Waals surface area contributed by atoms with Gasteiger partial charge in [0.15, 0.2) is 11.6 Å². The topological polar surface area (TPSA) is 105 Å². The zero-order chi connectivity index (χ0) is 23.0. The second kappa shape index (κ2) is 8.72. The predicted octanol–water partition coefficient (Wildman–Crippen LogP) is 1.91. The highest BCUT2D eigenvalue weighted by Crippen LogP contribution is 2.38. The number of cyclic esters (lactones) is 1. The third-order valence-corrected chi connectivity index (χ3v) is 8.05. The average molecular weight is 473 g/mol. The van der Waals surface area contributed by atoms with Gasteiger partial charge >= 0.3 is 12.2 Å². The number of fused-ring (bicyclic) bond motifs is 1. The Morgan fingerprint density at radius 2 is 1.75 bits per heavy atom. The van der Waals surface area contributed by atoms with Crippen molar-refractivity contribution in [3.8, 4) is 0 Å². The highest BCUT2D eigenvalue weighted by molar-refractivity contribution is 7.91. The minimum atomic E-state index is -3.04. The van der Waals surface area contributed by atoms with Crippen LogP contribution in [-0.4, -0.2) is 71.5 Å². The molecule has 176 valence electrons. The normalized spacial score (nSPS) is 27.0. The van der Waals surface area contributed by atoms with Gasteiger partial charge in [-0.05, 0) is 24.7 Å². The summed E-state index contributed by atoms with van der Waals surface area (Å²) in [4.78, 5) is 26.1. The molecule has 3 saturated heterocycles. The van der Waals surface area contributed by atoms with E-state index in [1.54, 1.807) is 4.90 Å². The van der Waals surface area contributed by atoms with Crippen LogP contribution in [0.25, 0.3) is 0 Å². The first-order valence-corrected chi connectivity index (χ1v) is 12.2. The first-order chi connectivity index (χ1) is 15.2. The van der Waals surface area contributed by atoms with Gasteiger partial charge in [-0.1, -0.05) is 0 Å². The summed E-state index contributed by atoms with van der Waals surface area (Å²) >= 11 is 0. The van der Waals surface area contributed by atoms with E-state index < -0.39 is 39.8 Å². The Balaban J connectivity index is 1.46. The molecule has 2 amide bonds. The molecule has 9 nitrogen and oxygen atoms in total. The zero-order valence-electron chi connectivity index (χ0n) is 17.6. The molecule has 1 N–H and O–H groups in total. The molecule has 4 rings (SSSR count). The summed E-state index contributed by atoms with van der Waals surface area (Å²) in [6, 6.07) is 2.18. The Kier molecular flexibility index (Phi) is 6.15. The van der Waals surface area contributed by atoms with Crippen LogP contribution in [0, 0.1) is 23.5 Å². The Morgan fingerprint density at radius 1 is 1.16 bits per heavy atom. The quantitative estimate of drug-likeness (QED) is 0.712. The van der Waals surface area contributed by atoms with Crippen molar-refractivity contribution in [2.45, 2.75) is 18.9 Å². The minimum Gasteiger partial charge on any atom is -0.453 e. The van der Waals surface area contributed by atoms with Crippen molar-refractivity contribution in [2.75, 3.05) is 54.6 Å². The molecule has 0 aliphatic carbocycles. The van der Waals surface area contributed by atoms with Gasteiger partial charge in [-0.25, -0.2) is 26.8 Å². The summed E-state index contributed by atoms with van der Waals surface area (Å²) in [6.07, 6.45) is -1.15. The standard InChI is InChI=1S/C20H25F2N3O6S/c1-30-19(26)23-8-15-11-25(20(27)31-15)14-6-16(21)18(17(22)7-14)24-9-12-2-4-32(28,29)5-3-13(12)10-24/h6-7,12-13,15H,2-5,8-11H2,1H3,(H,23,26)/t12?,13?,15-/m0/s1. The fourth-order valence-electron chi connectivity index (χ4n) is 4.66. The highest BCUT2D eigenvalue weighted by Gasteiger charge is 2.39. The highest BCUT2D eigenvalue weighted by atomic mass is 32.2. The molecule has 0 spiro atoms. The molecule has 3 heterocycles. The second-order valence-electron chi connectivity index (χ2n) is 8.40. The SMILES string of the molecule is COC(=O)NC[C@H]1CN(c2cc(F)c(N3CC4CCS(=O)(=O)CCC4C3)c(F)c2)C(=O)O1. The van der Waals surface area contributed by atoms with Crippen LogP contribution in [0.15, 0.2) is 12.1 Å². The van der Waals surface area contributed by atoms with Gasteiger partial charge in [-0.2, -0.15) is 0 Å². The van der Waals surface area contributed by atoms with Crippen LogP contribution >= 0.6 is 0 Å². The number of benzene rings is 1. The third kappa shape index (κ3) is 4.59. The maximum Gasteiger partial charge on any atom is 0.414 e. The maximum absolute atomic E-state index is 15.0. The van der Waals surface area contributed by atoms with Crippen molar-refractivity contribution in [3.63, 3.8) is 0 Å². The number of nitrogens with one attached hydrogen (secondary N) is 1. The van der Waals surface area contributed by atoms with Crippen LogP contribution in [0.4, 0.5) is 29.7 Å². The van der Waals surface area contributed by atoms with E-state index in [9.17, 15) is 26.8 Å². The number of methoxy groups -OCH3 is 1. The number of sulfone groups is 1. The summed E-state index contributed by atoms with van der Waals surface area (Å²) in [5.41, 5.74) is -0.144. The monoisotopic (exact) mass is 473 g/mol. The molecular weight excluding hydrogens is 448 g/mol. The molecule has 3 aliphatic heterocycles. The lowest BCUT2D eigenvalue weighted by Crippen LogP contribution is -2.34. The van der Waals surface area contributed by atoms with Crippen molar-refractivity contribution in [2.24, 2.45) is 11.8 Å². The van der Waals surface area contributed by atoms with Crippen molar-refractivity contribution in [1.29, 1.82) is 0 Å². The largest absolute Gasteiger partial charge is 0.453 e. The molecule has 0 aromatic heterocycles. The fraction of sp³-hybridized carbons (Fsp3) is 0.600. The van der Waals surface area contributed by atoms with Crippen LogP contribution in [0.3, 0.4) is 0 Å². The predicted molar refractivity (Wildman–Crippen MR) is 111 cm³/mol. The molecule has 12 heteroatoms. The van der Waals surface area contributed by atoms with Gasteiger partial charge in [0.2, 0.25) is 0 Å². The number of carbonyl (C=O) groups is 2. The maximum atomic E-state index is 15.0. The second-order valence-corrected chi connectivity index (χ2v) is 10.7. The average Bonchev–Trinajstić information content (AvgIpc) is 3.28. The van der Waals surface area contributed by atoms with E-state index in [2.05, 4.69) is 10.1 Å². The molecule has 3 fully saturated rings. The van der Waals surface area contributed by atoms with E-state index in [-0.39, 0.29) is 47.8 Å². The number of halogens is 2. The Labute approximate surface area is 184 Å². The summed E-state index contributed by atoms with van der Waals surface area (Å²) in [6.45, 7) is 0.800. The van der Waals surface area contributed by atoms with Crippen LogP contribution in [0.1, 0.15) is 12.8 Å². The van der Waals surface area contributed by atoms with Gasteiger partial charge in [-0.15, -0.1) is 0 Å². The number of hydrogen-bond acceptors (Lipinski definition) is 7. The Morgan fingerprint density at radius 3 is 2.31 bits per heavy atom. The molecule has 0 radical (unpaired) electrons. The third-order valence-electron chi connectivity index (χ3n) is 6.34. The van der Waals surface area contributed by atoms with E-state index in [0.29, 0.717) is 25.9 Å². The Bertz CT molecular complexity index is 976. The first kappa shape index (κ1) is 22.6. The number of carbonyl (C=O) groups excluding carboxylic acids is 2. The molecule has 0 saturated carbocycles. The van der Waals surface area contributed by atoms with Crippen molar-refractivity contribution < 1.29 is 36.3 Å². The molecule has 0 bridgehead atoms. The van der Waals surface area contributed by atoms with Crippen molar-refractivity contribution in [1.82, 2.24) is 5.32 Å². The van der Waals surface area contributed by atoms with Gasteiger partial charge in [0, 0.05) is 25.2 Å². The number of rotatable bonds is 4.